The Bertz CT molecular complexity index is 604. The van der Waals surface area contributed by atoms with Crippen LogP contribution in [0.1, 0.15) is 36.7 Å². The van der Waals surface area contributed by atoms with Gasteiger partial charge in [-0.25, -0.2) is 9.97 Å². The van der Waals surface area contributed by atoms with E-state index in [1.54, 1.807) is 11.3 Å². The first-order valence-corrected chi connectivity index (χ1v) is 7.26. The van der Waals surface area contributed by atoms with Gasteiger partial charge in [-0.1, -0.05) is 26.1 Å². The summed E-state index contributed by atoms with van der Waals surface area (Å²) in [6.07, 6.45) is 0. The molecule has 0 unspecified atom stereocenters. The Hall–Kier alpha value is -1.53. The number of anilines is 2. The molecule has 0 aliphatic carbocycles. The molecule has 0 aromatic carbocycles. The second kappa shape index (κ2) is 5.63. The molecule has 2 aromatic heterocycles. The molecule has 19 heavy (non-hydrogen) atoms. The second-order valence-corrected chi connectivity index (χ2v) is 5.87. The molecule has 0 atom stereocenters. The van der Waals surface area contributed by atoms with E-state index < -0.39 is 0 Å². The Morgan fingerprint density at radius 1 is 1.37 bits per heavy atom. The van der Waals surface area contributed by atoms with E-state index in [1.807, 2.05) is 24.4 Å². The molecule has 3 N–H and O–H groups in total. The van der Waals surface area contributed by atoms with Gasteiger partial charge >= 0.3 is 0 Å². The van der Waals surface area contributed by atoms with Gasteiger partial charge in [-0.15, -0.1) is 11.3 Å². The van der Waals surface area contributed by atoms with Gasteiger partial charge < -0.3 is 11.1 Å². The minimum Gasteiger partial charge on any atom is -0.389 e. The monoisotopic (exact) mass is 292 g/mol. The van der Waals surface area contributed by atoms with Crippen molar-refractivity contribution in [2.75, 3.05) is 5.32 Å². The molecule has 6 heteroatoms. The number of thiocarbonyl (C=S) groups is 1. The van der Waals surface area contributed by atoms with Crippen molar-refractivity contribution in [1.29, 1.82) is 0 Å². The van der Waals surface area contributed by atoms with E-state index in [0.717, 1.165) is 22.1 Å². The first-order valence-electron chi connectivity index (χ1n) is 5.97. The minimum absolute atomic E-state index is 0.329. The highest BCUT2D eigenvalue weighted by Crippen LogP contribution is 2.25. The molecular formula is C13H16N4S2. The molecular weight excluding hydrogens is 276 g/mol. The third kappa shape index (κ3) is 3.27. The first kappa shape index (κ1) is 13.9. The predicted molar refractivity (Wildman–Crippen MR) is 84.3 cm³/mol. The number of hydrogen-bond donors (Lipinski definition) is 2. The van der Waals surface area contributed by atoms with Crippen LogP contribution < -0.4 is 11.1 Å². The van der Waals surface area contributed by atoms with Crippen LogP contribution in [0.25, 0.3) is 0 Å². The van der Waals surface area contributed by atoms with Crippen molar-refractivity contribution in [3.05, 3.63) is 34.5 Å². The topological polar surface area (TPSA) is 63.8 Å². The van der Waals surface area contributed by atoms with Crippen LogP contribution in [-0.4, -0.2) is 15.0 Å². The van der Waals surface area contributed by atoms with E-state index in [4.69, 9.17) is 18.0 Å². The summed E-state index contributed by atoms with van der Waals surface area (Å²) < 4.78 is 0. The van der Waals surface area contributed by atoms with E-state index in [1.165, 1.54) is 0 Å². The van der Waals surface area contributed by atoms with Gasteiger partial charge in [-0.2, -0.15) is 0 Å². The maximum atomic E-state index is 5.71. The van der Waals surface area contributed by atoms with Gasteiger partial charge in [-0.05, 0) is 25.0 Å². The third-order valence-electron chi connectivity index (χ3n) is 2.64. The molecule has 4 nitrogen and oxygen atoms in total. The highest BCUT2D eigenvalue weighted by atomic mass is 32.1. The summed E-state index contributed by atoms with van der Waals surface area (Å²) in [5.74, 6) is 1.07. The van der Waals surface area contributed by atoms with Crippen molar-refractivity contribution in [2.24, 2.45) is 5.73 Å². The largest absolute Gasteiger partial charge is 0.389 e. The van der Waals surface area contributed by atoms with Crippen molar-refractivity contribution >= 4 is 39.5 Å². The normalized spacial score (nSPS) is 10.7. The van der Waals surface area contributed by atoms with Crippen molar-refractivity contribution in [1.82, 2.24) is 9.97 Å². The summed E-state index contributed by atoms with van der Waals surface area (Å²) in [6, 6.07) is 3.77. The second-order valence-electron chi connectivity index (χ2n) is 4.57. The van der Waals surface area contributed by atoms with Crippen LogP contribution in [0.3, 0.4) is 0 Å². The maximum Gasteiger partial charge on any atom is 0.188 e. The average Bonchev–Trinajstić information content (AvgIpc) is 2.77. The fourth-order valence-corrected chi connectivity index (χ4v) is 2.60. The Morgan fingerprint density at radius 2 is 2.11 bits per heavy atom. The zero-order chi connectivity index (χ0) is 14.0. The molecule has 0 saturated heterocycles. The third-order valence-corrected chi connectivity index (χ3v) is 3.63. The van der Waals surface area contributed by atoms with Crippen LogP contribution in [0.2, 0.25) is 0 Å². The number of aryl methyl sites for hydroxylation is 1. The summed E-state index contributed by atoms with van der Waals surface area (Å²) in [4.78, 5) is 9.28. The van der Waals surface area contributed by atoms with Crippen LogP contribution in [0.5, 0.6) is 0 Å². The van der Waals surface area contributed by atoms with Gasteiger partial charge in [0.2, 0.25) is 0 Å². The highest BCUT2D eigenvalue weighted by molar-refractivity contribution is 7.80. The molecule has 0 fully saturated rings. The number of hydrogen-bond acceptors (Lipinski definition) is 5. The van der Waals surface area contributed by atoms with Gasteiger partial charge in [0.05, 0.1) is 11.3 Å². The molecule has 2 rings (SSSR count). The van der Waals surface area contributed by atoms with E-state index in [9.17, 15) is 0 Å². The zero-order valence-electron chi connectivity index (χ0n) is 11.1. The standard InChI is InChI=1S/C13H16N4S2/c1-7(2)10-6-19-13(16-10)17-12-9(11(14)18)5-4-8(3)15-12/h4-7H,1-3H3,(H2,14,18)(H,15,16,17). The predicted octanol–water partition coefficient (Wildman–Crippen LogP) is 3.35. The van der Waals surface area contributed by atoms with E-state index in [2.05, 4.69) is 29.1 Å². The summed E-state index contributed by atoms with van der Waals surface area (Å²) in [5, 5.41) is 6.05. The summed E-state index contributed by atoms with van der Waals surface area (Å²) in [5.41, 5.74) is 8.42. The van der Waals surface area contributed by atoms with Crippen LogP contribution in [0.4, 0.5) is 10.9 Å². The fourth-order valence-electron chi connectivity index (χ4n) is 1.56. The van der Waals surface area contributed by atoms with Crippen LogP contribution in [0, 0.1) is 6.92 Å². The Labute approximate surface area is 122 Å². The fraction of sp³-hybridized carbons (Fsp3) is 0.308. The molecule has 2 heterocycles. The lowest BCUT2D eigenvalue weighted by atomic mass is 10.2. The molecule has 0 aliphatic heterocycles. The van der Waals surface area contributed by atoms with Gasteiger partial charge in [0.15, 0.2) is 5.13 Å². The quantitative estimate of drug-likeness (QED) is 0.846. The van der Waals surface area contributed by atoms with E-state index >= 15 is 0 Å². The Morgan fingerprint density at radius 3 is 2.68 bits per heavy atom. The van der Waals surface area contributed by atoms with E-state index in [-0.39, 0.29) is 0 Å². The van der Waals surface area contributed by atoms with Gasteiger partial charge in [-0.3, -0.25) is 0 Å². The number of rotatable bonds is 4. The van der Waals surface area contributed by atoms with Crippen molar-refractivity contribution in [2.45, 2.75) is 26.7 Å². The summed E-state index contributed by atoms with van der Waals surface area (Å²) in [7, 11) is 0. The van der Waals surface area contributed by atoms with E-state index in [0.29, 0.717) is 16.7 Å². The molecule has 0 saturated carbocycles. The minimum atomic E-state index is 0.329. The lowest BCUT2D eigenvalue weighted by molar-refractivity contribution is 0.834. The Balaban J connectivity index is 2.31. The highest BCUT2D eigenvalue weighted by Gasteiger charge is 2.11. The van der Waals surface area contributed by atoms with Crippen LogP contribution >= 0.6 is 23.6 Å². The van der Waals surface area contributed by atoms with Crippen molar-refractivity contribution in [3.63, 3.8) is 0 Å². The lowest BCUT2D eigenvalue weighted by Crippen LogP contribution is -2.13. The number of nitrogens with one attached hydrogen (secondary N) is 1. The smallest absolute Gasteiger partial charge is 0.188 e. The molecule has 0 spiro atoms. The van der Waals surface area contributed by atoms with Crippen LogP contribution in [0.15, 0.2) is 17.5 Å². The molecule has 2 aromatic rings. The van der Waals surface area contributed by atoms with Crippen molar-refractivity contribution < 1.29 is 0 Å². The van der Waals surface area contributed by atoms with Gasteiger partial charge in [0.25, 0.3) is 0 Å². The van der Waals surface area contributed by atoms with Gasteiger partial charge in [0, 0.05) is 11.1 Å². The molecule has 100 valence electrons. The SMILES string of the molecule is Cc1ccc(C(N)=S)c(Nc2nc(C(C)C)cs2)n1. The number of pyridine rings is 1. The zero-order valence-corrected chi connectivity index (χ0v) is 12.7. The number of nitrogens with zero attached hydrogens (tertiary/aromatic N) is 2. The number of nitrogens with two attached hydrogens (primary N) is 1. The first-order chi connectivity index (χ1) is 8.97. The summed E-state index contributed by atoms with van der Waals surface area (Å²) in [6.45, 7) is 6.16. The molecule has 0 bridgehead atoms. The van der Waals surface area contributed by atoms with Crippen LogP contribution in [-0.2, 0) is 0 Å². The summed E-state index contributed by atoms with van der Waals surface area (Å²) >= 11 is 6.59. The average molecular weight is 292 g/mol. The molecule has 0 radical (unpaired) electrons. The lowest BCUT2D eigenvalue weighted by Gasteiger charge is -2.08. The number of aromatic nitrogens is 2. The molecule has 0 aliphatic rings. The van der Waals surface area contributed by atoms with Crippen molar-refractivity contribution in [3.8, 4) is 0 Å². The number of thiazole rings is 1. The maximum absolute atomic E-state index is 5.71. The van der Waals surface area contributed by atoms with Gasteiger partial charge in [0.1, 0.15) is 10.8 Å². The Kier molecular flexibility index (Phi) is 4.11. The molecule has 0 amide bonds.